The number of allylic oxidation sites excluding steroid dienone is 2. The van der Waals surface area contributed by atoms with Gasteiger partial charge in [0.05, 0.1) is 22.6 Å². The fourth-order valence-corrected chi connectivity index (χ4v) is 6.96. The number of hydrogen-bond acceptors (Lipinski definition) is 8. The number of hydrogen-bond donors (Lipinski definition) is 0. The minimum Gasteiger partial charge on any atom is -0.490 e. The molecule has 0 atom stereocenters. The van der Waals surface area contributed by atoms with Crippen molar-refractivity contribution in [3.05, 3.63) is 72.8 Å². The van der Waals surface area contributed by atoms with Gasteiger partial charge in [-0.05, 0) is 74.2 Å². The minimum absolute atomic E-state index is 0.110. The molecule has 296 valence electrons. The maximum absolute atomic E-state index is 13.2. The van der Waals surface area contributed by atoms with E-state index >= 15 is 0 Å². The van der Waals surface area contributed by atoms with Crippen LogP contribution < -0.4 is 9.47 Å². The first-order valence-corrected chi connectivity index (χ1v) is 21.7. The largest absolute Gasteiger partial charge is 0.490 e. The smallest absolute Gasteiger partial charge is 0.309 e. The molecule has 0 saturated heterocycles. The monoisotopic (exact) mass is 754 g/mol. The lowest BCUT2D eigenvalue weighted by atomic mass is 10.1. The van der Waals surface area contributed by atoms with Crippen LogP contribution >= 0.6 is 0 Å². The van der Waals surface area contributed by atoms with Crippen LogP contribution in [0, 0.1) is 0 Å². The zero-order chi connectivity index (χ0) is 38.2. The summed E-state index contributed by atoms with van der Waals surface area (Å²) in [5.74, 6) is 0.351. The molecule has 2 rings (SSSR count). The number of ether oxygens (including phenoxy) is 4. The molecule has 53 heavy (non-hydrogen) atoms. The maximum atomic E-state index is 13.2. The van der Waals surface area contributed by atoms with Gasteiger partial charge in [0.2, 0.25) is 9.84 Å². The quantitative estimate of drug-likeness (QED) is 0.0413. The van der Waals surface area contributed by atoms with Crippen molar-refractivity contribution < 1.29 is 37.0 Å². The summed E-state index contributed by atoms with van der Waals surface area (Å²) in [7, 11) is -3.75. The van der Waals surface area contributed by atoms with Crippen LogP contribution in [0.1, 0.15) is 142 Å². The van der Waals surface area contributed by atoms with Crippen LogP contribution in [-0.4, -0.2) is 46.8 Å². The molecule has 0 saturated carbocycles. The predicted octanol–water partition coefficient (Wildman–Crippen LogP) is 11.3. The molecule has 0 aliphatic carbocycles. The molecule has 2 aromatic carbocycles. The average molecular weight is 755 g/mol. The van der Waals surface area contributed by atoms with Gasteiger partial charge in [0.1, 0.15) is 37.9 Å². The van der Waals surface area contributed by atoms with Gasteiger partial charge in [0.15, 0.2) is 0 Å². The van der Waals surface area contributed by atoms with Crippen molar-refractivity contribution in [2.24, 2.45) is 0 Å². The Hall–Kier alpha value is -3.59. The number of esters is 2. The topological polar surface area (TPSA) is 105 Å². The van der Waals surface area contributed by atoms with Crippen LogP contribution in [0.2, 0.25) is 0 Å². The summed E-state index contributed by atoms with van der Waals surface area (Å²) in [5.41, 5.74) is 0. The van der Waals surface area contributed by atoms with Crippen molar-refractivity contribution in [3.63, 3.8) is 0 Å². The van der Waals surface area contributed by atoms with E-state index in [2.05, 4.69) is 13.8 Å². The Morgan fingerprint density at radius 2 is 0.811 bits per heavy atom. The molecule has 9 heteroatoms. The van der Waals surface area contributed by atoms with Gasteiger partial charge in [0, 0.05) is 0 Å². The molecule has 0 bridgehead atoms. The Morgan fingerprint density at radius 1 is 0.472 bits per heavy atom. The molecule has 0 amide bonds. The van der Waals surface area contributed by atoms with Crippen molar-refractivity contribution in [1.82, 2.24) is 0 Å². The van der Waals surface area contributed by atoms with Gasteiger partial charge in [-0.15, -0.1) is 0 Å². The molecule has 0 spiro atoms. The van der Waals surface area contributed by atoms with Gasteiger partial charge in [-0.25, -0.2) is 8.42 Å². The van der Waals surface area contributed by atoms with Gasteiger partial charge in [-0.2, -0.15) is 0 Å². The van der Waals surface area contributed by atoms with E-state index in [1.807, 2.05) is 24.3 Å². The maximum Gasteiger partial charge on any atom is 0.309 e. The molecule has 0 fully saturated rings. The van der Waals surface area contributed by atoms with Gasteiger partial charge < -0.3 is 18.9 Å². The second-order valence-electron chi connectivity index (χ2n) is 13.5. The number of benzene rings is 2. The van der Waals surface area contributed by atoms with Crippen LogP contribution in [-0.2, 0) is 28.9 Å². The Labute approximate surface area is 320 Å². The lowest BCUT2D eigenvalue weighted by Crippen LogP contribution is -2.11. The van der Waals surface area contributed by atoms with Crippen LogP contribution in [0.5, 0.6) is 11.5 Å². The first kappa shape index (κ1) is 45.6. The average Bonchev–Trinajstić information content (AvgIpc) is 3.16. The summed E-state index contributed by atoms with van der Waals surface area (Å²) >= 11 is 0. The zero-order valence-corrected chi connectivity index (χ0v) is 33.4. The summed E-state index contributed by atoms with van der Waals surface area (Å²) in [5, 5.41) is 0. The lowest BCUT2D eigenvalue weighted by Gasteiger charge is -2.10. The van der Waals surface area contributed by atoms with Gasteiger partial charge in [-0.1, -0.05) is 128 Å². The summed E-state index contributed by atoms with van der Waals surface area (Å²) in [6.45, 7) is 5.01. The number of sulfone groups is 1. The molecule has 8 nitrogen and oxygen atoms in total. The number of rotatable bonds is 32. The van der Waals surface area contributed by atoms with Crippen molar-refractivity contribution in [1.29, 1.82) is 0 Å². The van der Waals surface area contributed by atoms with E-state index in [0.29, 0.717) is 11.5 Å². The first-order valence-electron chi connectivity index (χ1n) is 20.2. The minimum atomic E-state index is -3.75. The van der Waals surface area contributed by atoms with E-state index in [0.717, 1.165) is 25.7 Å². The molecular formula is C44H66O8S. The third-order valence-electron chi connectivity index (χ3n) is 8.85. The molecule has 0 N–H and O–H groups in total. The highest BCUT2D eigenvalue weighted by Gasteiger charge is 2.18. The first-order chi connectivity index (χ1) is 25.9. The highest BCUT2D eigenvalue weighted by Crippen LogP contribution is 2.25. The lowest BCUT2D eigenvalue weighted by molar-refractivity contribution is -0.144. The van der Waals surface area contributed by atoms with Crippen molar-refractivity contribution in [3.8, 4) is 11.5 Å². The Kier molecular flexibility index (Phi) is 25.6. The second-order valence-corrected chi connectivity index (χ2v) is 15.4. The van der Waals surface area contributed by atoms with Crippen molar-refractivity contribution >= 4 is 21.8 Å². The van der Waals surface area contributed by atoms with E-state index in [4.69, 9.17) is 18.9 Å². The molecule has 0 heterocycles. The molecule has 0 aliphatic rings. The van der Waals surface area contributed by atoms with Crippen LogP contribution in [0.15, 0.2) is 82.6 Å². The summed E-state index contributed by atoms with van der Waals surface area (Å²) in [6, 6.07) is 12.2. The normalized spacial score (nSPS) is 11.7. The Morgan fingerprint density at radius 3 is 1.17 bits per heavy atom. The van der Waals surface area contributed by atoms with E-state index < -0.39 is 9.84 Å². The van der Waals surface area contributed by atoms with Crippen LogP contribution in [0.25, 0.3) is 0 Å². The summed E-state index contributed by atoms with van der Waals surface area (Å²) in [4.78, 5) is 24.2. The third kappa shape index (κ3) is 22.3. The van der Waals surface area contributed by atoms with E-state index in [1.165, 1.54) is 114 Å². The number of carbonyl (C=O) groups is 2. The number of carbonyl (C=O) groups excluding carboxylic acids is 2. The highest BCUT2D eigenvalue weighted by molar-refractivity contribution is 7.91. The fraction of sp³-hybridized carbons (Fsp3) is 0.591. The molecule has 0 aromatic heterocycles. The SMILES string of the molecule is CCCCCCCCCC/C=C/CC(=O)OCCOc1ccc(S(=O)(=O)c2ccc(OCCOC(=O)C/C=C/CCCCCCCCCC)cc2)cc1. The number of unbranched alkanes of at least 4 members (excludes halogenated alkanes) is 16. The van der Waals surface area contributed by atoms with E-state index in [-0.39, 0.29) is 61.0 Å². The molecule has 0 unspecified atom stereocenters. The van der Waals surface area contributed by atoms with E-state index in [1.54, 1.807) is 24.3 Å². The molecule has 0 aliphatic heterocycles. The predicted molar refractivity (Wildman–Crippen MR) is 213 cm³/mol. The van der Waals surface area contributed by atoms with Crippen LogP contribution in [0.3, 0.4) is 0 Å². The highest BCUT2D eigenvalue weighted by atomic mass is 32.2. The van der Waals surface area contributed by atoms with Crippen LogP contribution in [0.4, 0.5) is 0 Å². The van der Waals surface area contributed by atoms with E-state index in [9.17, 15) is 18.0 Å². The zero-order valence-electron chi connectivity index (χ0n) is 32.6. The Bertz CT molecular complexity index is 1300. The third-order valence-corrected chi connectivity index (χ3v) is 10.6. The fourth-order valence-electron chi connectivity index (χ4n) is 5.70. The Balaban J connectivity index is 1.57. The van der Waals surface area contributed by atoms with Gasteiger partial charge in [0.25, 0.3) is 0 Å². The second kappa shape index (κ2) is 29.8. The van der Waals surface area contributed by atoms with Gasteiger partial charge in [-0.3, -0.25) is 9.59 Å². The molecule has 0 radical (unpaired) electrons. The summed E-state index contributed by atoms with van der Waals surface area (Å²) < 4.78 is 48.0. The molecule has 2 aromatic rings. The van der Waals surface area contributed by atoms with Crippen molar-refractivity contribution in [2.75, 3.05) is 26.4 Å². The van der Waals surface area contributed by atoms with Crippen molar-refractivity contribution in [2.45, 2.75) is 152 Å². The van der Waals surface area contributed by atoms with Gasteiger partial charge >= 0.3 is 11.9 Å². The molecular weight excluding hydrogens is 689 g/mol. The summed E-state index contributed by atoms with van der Waals surface area (Å²) in [6.07, 6.45) is 30.8. The standard InChI is InChI=1S/C44H66O8S/c1-3-5-7-9-11-13-15-17-19-21-23-25-43(45)51-37-35-49-39-27-31-41(32-28-39)53(47,48)42-33-29-40(30-34-42)50-36-38-52-44(46)26-24-22-20-18-16-14-12-10-8-6-4-2/h21-24,27-34H,3-20,25-26,35-38H2,1-2H3/b23-21+,24-22+.